The second kappa shape index (κ2) is 5.19. The highest BCUT2D eigenvalue weighted by Crippen LogP contribution is 2.24. The fourth-order valence-corrected chi connectivity index (χ4v) is 2.19. The van der Waals surface area contributed by atoms with Crippen LogP contribution in [0.1, 0.15) is 5.01 Å². The zero-order valence-corrected chi connectivity index (χ0v) is 10.9. The van der Waals surface area contributed by atoms with Crippen LogP contribution in [0.25, 0.3) is 0 Å². The molecule has 0 aliphatic rings. The average Bonchev–Trinajstić information content (AvgIpc) is 2.80. The van der Waals surface area contributed by atoms with Crippen LogP contribution in [0.15, 0.2) is 28.3 Å². The van der Waals surface area contributed by atoms with Gasteiger partial charge in [0.05, 0.1) is 15.9 Å². The third kappa shape index (κ3) is 2.98. The Labute approximate surface area is 109 Å². The van der Waals surface area contributed by atoms with E-state index in [1.165, 1.54) is 23.6 Å². The molecule has 88 valence electrons. The first-order valence-corrected chi connectivity index (χ1v) is 6.26. The van der Waals surface area contributed by atoms with Crippen molar-refractivity contribution in [2.75, 3.05) is 5.32 Å². The average molecular weight is 315 g/mol. The standard InChI is InChI=1S/C9H7BrN4O2S/c10-7-3-6(14(15)16)4-12-9(7)13-5-8-11-1-2-17-8/h1-4H,5H2,(H,12,13). The highest BCUT2D eigenvalue weighted by molar-refractivity contribution is 9.10. The Bertz CT molecular complexity index is 532. The Hall–Kier alpha value is -1.54. The van der Waals surface area contributed by atoms with E-state index in [1.807, 2.05) is 5.38 Å². The SMILES string of the molecule is O=[N+]([O-])c1cnc(NCc2nccs2)c(Br)c1. The molecule has 0 radical (unpaired) electrons. The van der Waals surface area contributed by atoms with Gasteiger partial charge in [0, 0.05) is 17.6 Å². The van der Waals surface area contributed by atoms with Gasteiger partial charge in [-0.25, -0.2) is 9.97 Å². The first-order chi connectivity index (χ1) is 8.16. The van der Waals surface area contributed by atoms with Gasteiger partial charge in [0.25, 0.3) is 5.69 Å². The van der Waals surface area contributed by atoms with E-state index in [9.17, 15) is 10.1 Å². The van der Waals surface area contributed by atoms with Crippen molar-refractivity contribution < 1.29 is 4.92 Å². The summed E-state index contributed by atoms with van der Waals surface area (Å²) in [5, 5.41) is 16.4. The van der Waals surface area contributed by atoms with E-state index in [2.05, 4.69) is 31.2 Å². The molecule has 2 heterocycles. The molecule has 0 unspecified atom stereocenters. The van der Waals surface area contributed by atoms with Gasteiger partial charge in [-0.15, -0.1) is 11.3 Å². The lowest BCUT2D eigenvalue weighted by molar-refractivity contribution is -0.385. The minimum atomic E-state index is -0.484. The zero-order chi connectivity index (χ0) is 12.3. The van der Waals surface area contributed by atoms with Crippen LogP contribution in [0.2, 0.25) is 0 Å². The predicted molar refractivity (Wildman–Crippen MR) is 68.0 cm³/mol. The van der Waals surface area contributed by atoms with E-state index in [-0.39, 0.29) is 5.69 Å². The third-order valence-electron chi connectivity index (χ3n) is 1.93. The topological polar surface area (TPSA) is 81.0 Å². The number of rotatable bonds is 4. The number of nitrogens with one attached hydrogen (secondary N) is 1. The van der Waals surface area contributed by atoms with Gasteiger partial charge in [-0.2, -0.15) is 0 Å². The van der Waals surface area contributed by atoms with Crippen LogP contribution in [0, 0.1) is 10.1 Å². The van der Waals surface area contributed by atoms with Crippen LogP contribution in [0.3, 0.4) is 0 Å². The number of nitrogens with zero attached hydrogens (tertiary/aromatic N) is 3. The largest absolute Gasteiger partial charge is 0.363 e. The molecule has 0 fully saturated rings. The lowest BCUT2D eigenvalue weighted by atomic mass is 10.4. The molecule has 8 heteroatoms. The van der Waals surface area contributed by atoms with Crippen LogP contribution in [-0.2, 0) is 6.54 Å². The van der Waals surface area contributed by atoms with E-state index in [1.54, 1.807) is 6.20 Å². The normalized spacial score (nSPS) is 10.2. The maximum atomic E-state index is 10.5. The van der Waals surface area contributed by atoms with Crippen LogP contribution in [-0.4, -0.2) is 14.9 Å². The van der Waals surface area contributed by atoms with Crippen LogP contribution < -0.4 is 5.32 Å². The Kier molecular flexibility index (Phi) is 3.64. The molecular formula is C9H7BrN4O2S. The Balaban J connectivity index is 2.09. The fourth-order valence-electron chi connectivity index (χ4n) is 1.16. The number of pyridine rings is 1. The third-order valence-corrected chi connectivity index (χ3v) is 3.31. The molecule has 0 saturated carbocycles. The Morgan fingerprint density at radius 1 is 1.53 bits per heavy atom. The summed E-state index contributed by atoms with van der Waals surface area (Å²) in [7, 11) is 0. The maximum Gasteiger partial charge on any atom is 0.288 e. The summed E-state index contributed by atoms with van der Waals surface area (Å²) in [5.74, 6) is 0.561. The molecule has 2 rings (SSSR count). The molecule has 0 amide bonds. The molecule has 0 atom stereocenters. The molecule has 0 aromatic carbocycles. The van der Waals surface area contributed by atoms with Crippen molar-refractivity contribution in [3.63, 3.8) is 0 Å². The molecule has 1 N–H and O–H groups in total. The van der Waals surface area contributed by atoms with Crippen molar-refractivity contribution in [1.29, 1.82) is 0 Å². The van der Waals surface area contributed by atoms with Crippen molar-refractivity contribution in [3.8, 4) is 0 Å². The highest BCUT2D eigenvalue weighted by atomic mass is 79.9. The second-order valence-electron chi connectivity index (χ2n) is 3.06. The molecule has 17 heavy (non-hydrogen) atoms. The van der Waals surface area contributed by atoms with E-state index in [0.717, 1.165) is 5.01 Å². The van der Waals surface area contributed by atoms with Crippen molar-refractivity contribution in [2.24, 2.45) is 0 Å². The summed E-state index contributed by atoms with van der Waals surface area (Å²) >= 11 is 4.76. The van der Waals surface area contributed by atoms with Crippen LogP contribution >= 0.6 is 27.3 Å². The summed E-state index contributed by atoms with van der Waals surface area (Å²) in [6, 6.07) is 1.41. The van der Waals surface area contributed by atoms with E-state index in [4.69, 9.17) is 0 Å². The van der Waals surface area contributed by atoms with Crippen molar-refractivity contribution in [3.05, 3.63) is 43.4 Å². The first kappa shape index (κ1) is 11.9. The molecule has 0 saturated heterocycles. The summed E-state index contributed by atoms with van der Waals surface area (Å²) < 4.78 is 0.559. The molecule has 0 bridgehead atoms. The molecular weight excluding hydrogens is 308 g/mol. The van der Waals surface area contributed by atoms with E-state index in [0.29, 0.717) is 16.8 Å². The van der Waals surface area contributed by atoms with Gasteiger partial charge >= 0.3 is 0 Å². The minimum Gasteiger partial charge on any atom is -0.363 e. The molecule has 0 aliphatic heterocycles. The molecule has 2 aromatic heterocycles. The number of thiazole rings is 1. The quantitative estimate of drug-likeness (QED) is 0.693. The number of anilines is 1. The van der Waals surface area contributed by atoms with Gasteiger partial charge in [-0.05, 0) is 15.9 Å². The van der Waals surface area contributed by atoms with Crippen molar-refractivity contribution in [2.45, 2.75) is 6.54 Å². The fraction of sp³-hybridized carbons (Fsp3) is 0.111. The summed E-state index contributed by atoms with van der Waals surface area (Å²) in [6.07, 6.45) is 2.94. The van der Waals surface area contributed by atoms with Gasteiger partial charge in [0.1, 0.15) is 17.0 Å². The Morgan fingerprint density at radius 2 is 2.35 bits per heavy atom. The number of hydrogen-bond acceptors (Lipinski definition) is 6. The zero-order valence-electron chi connectivity index (χ0n) is 8.46. The van der Waals surface area contributed by atoms with Gasteiger partial charge in [-0.3, -0.25) is 10.1 Å². The van der Waals surface area contributed by atoms with Gasteiger partial charge in [-0.1, -0.05) is 0 Å². The number of nitro groups is 1. The molecule has 0 spiro atoms. The lowest BCUT2D eigenvalue weighted by Crippen LogP contribution is -2.02. The summed E-state index contributed by atoms with van der Waals surface area (Å²) in [4.78, 5) is 18.1. The second-order valence-corrected chi connectivity index (χ2v) is 4.89. The molecule has 0 aliphatic carbocycles. The monoisotopic (exact) mass is 314 g/mol. The number of halogens is 1. The predicted octanol–water partition coefficient (Wildman–Crippen LogP) is 2.82. The van der Waals surface area contributed by atoms with Crippen molar-refractivity contribution in [1.82, 2.24) is 9.97 Å². The van der Waals surface area contributed by atoms with E-state index < -0.39 is 4.92 Å². The molecule has 6 nitrogen and oxygen atoms in total. The number of aromatic nitrogens is 2. The molecule has 2 aromatic rings. The lowest BCUT2D eigenvalue weighted by Gasteiger charge is -2.04. The van der Waals surface area contributed by atoms with Crippen molar-refractivity contribution >= 4 is 38.8 Å². The summed E-state index contributed by atoms with van der Waals surface area (Å²) in [6.45, 7) is 0.543. The van der Waals surface area contributed by atoms with Gasteiger partial charge in [0.15, 0.2) is 0 Å². The van der Waals surface area contributed by atoms with Gasteiger partial charge < -0.3 is 5.32 Å². The highest BCUT2D eigenvalue weighted by Gasteiger charge is 2.10. The van der Waals surface area contributed by atoms with Crippen LogP contribution in [0.5, 0.6) is 0 Å². The van der Waals surface area contributed by atoms with E-state index >= 15 is 0 Å². The number of hydrogen-bond donors (Lipinski definition) is 1. The minimum absolute atomic E-state index is 0.0447. The smallest absolute Gasteiger partial charge is 0.288 e. The maximum absolute atomic E-state index is 10.5. The van der Waals surface area contributed by atoms with Gasteiger partial charge in [0.2, 0.25) is 0 Å². The first-order valence-electron chi connectivity index (χ1n) is 4.59. The summed E-state index contributed by atoms with van der Waals surface area (Å²) in [5.41, 5.74) is -0.0447. The van der Waals surface area contributed by atoms with Crippen LogP contribution in [0.4, 0.5) is 11.5 Å². The Morgan fingerprint density at radius 3 is 2.94 bits per heavy atom.